The Morgan fingerprint density at radius 1 is 0.903 bits per heavy atom. The highest BCUT2D eigenvalue weighted by atomic mass is 32.2. The number of hydrogen-bond acceptors (Lipinski definition) is 4. The molecule has 1 aliphatic heterocycles. The summed E-state index contributed by atoms with van der Waals surface area (Å²) in [6.45, 7) is 2.79. The molecule has 160 valence electrons. The molecule has 1 aliphatic rings. The number of sulfonamides is 1. The van der Waals surface area contributed by atoms with Crippen molar-refractivity contribution in [2.75, 3.05) is 18.4 Å². The Bertz CT molecular complexity index is 1170. The molecule has 0 spiro atoms. The van der Waals surface area contributed by atoms with E-state index in [1.165, 1.54) is 10.4 Å². The van der Waals surface area contributed by atoms with Gasteiger partial charge < -0.3 is 10.1 Å². The lowest BCUT2D eigenvalue weighted by Gasteiger charge is -2.18. The normalized spacial score (nSPS) is 14.4. The second-order valence-corrected chi connectivity index (χ2v) is 9.39. The average Bonchev–Trinajstić information content (AvgIpc) is 3.32. The monoisotopic (exact) mass is 436 g/mol. The molecule has 0 unspecified atom stereocenters. The van der Waals surface area contributed by atoms with Crippen molar-refractivity contribution in [1.29, 1.82) is 0 Å². The topological polar surface area (TPSA) is 75.7 Å². The van der Waals surface area contributed by atoms with E-state index in [2.05, 4.69) is 5.32 Å². The summed E-state index contributed by atoms with van der Waals surface area (Å²) < 4.78 is 33.2. The Morgan fingerprint density at radius 2 is 1.55 bits per heavy atom. The van der Waals surface area contributed by atoms with Crippen LogP contribution in [0.2, 0.25) is 0 Å². The number of anilines is 1. The van der Waals surface area contributed by atoms with Crippen molar-refractivity contribution in [3.05, 3.63) is 83.9 Å². The van der Waals surface area contributed by atoms with Gasteiger partial charge in [0.1, 0.15) is 11.5 Å². The third-order valence-electron chi connectivity index (χ3n) is 5.22. The third-order valence-corrected chi connectivity index (χ3v) is 7.26. The smallest absolute Gasteiger partial charge is 0.255 e. The molecule has 0 aliphatic carbocycles. The molecule has 0 saturated carbocycles. The number of hydrogen-bond donors (Lipinski definition) is 1. The van der Waals surface area contributed by atoms with E-state index in [0.29, 0.717) is 35.7 Å². The summed E-state index contributed by atoms with van der Waals surface area (Å²) in [6.07, 6.45) is 1.73. The number of rotatable bonds is 6. The summed E-state index contributed by atoms with van der Waals surface area (Å²) in [5.74, 6) is 1.01. The van der Waals surface area contributed by atoms with Crippen molar-refractivity contribution in [1.82, 2.24) is 4.31 Å². The number of ether oxygens (including phenoxy) is 1. The van der Waals surface area contributed by atoms with Gasteiger partial charge in [0.2, 0.25) is 10.0 Å². The molecule has 1 heterocycles. The van der Waals surface area contributed by atoms with Crippen molar-refractivity contribution in [3.8, 4) is 11.5 Å². The van der Waals surface area contributed by atoms with Crippen LogP contribution in [-0.2, 0) is 10.0 Å². The molecule has 1 amide bonds. The minimum Gasteiger partial charge on any atom is -0.457 e. The molecule has 0 aromatic heterocycles. The van der Waals surface area contributed by atoms with Crippen LogP contribution >= 0.6 is 0 Å². The van der Waals surface area contributed by atoms with E-state index >= 15 is 0 Å². The number of benzene rings is 3. The number of aryl methyl sites for hydroxylation is 1. The average molecular weight is 437 g/mol. The van der Waals surface area contributed by atoms with Gasteiger partial charge >= 0.3 is 0 Å². The zero-order valence-electron chi connectivity index (χ0n) is 17.2. The largest absolute Gasteiger partial charge is 0.457 e. The summed E-state index contributed by atoms with van der Waals surface area (Å²) >= 11 is 0. The van der Waals surface area contributed by atoms with Crippen molar-refractivity contribution in [3.63, 3.8) is 0 Å². The molecule has 0 bridgehead atoms. The van der Waals surface area contributed by atoms with Crippen LogP contribution in [0, 0.1) is 6.92 Å². The van der Waals surface area contributed by atoms with E-state index in [-0.39, 0.29) is 10.8 Å². The highest BCUT2D eigenvalue weighted by Gasteiger charge is 2.29. The molecule has 3 aromatic rings. The zero-order valence-corrected chi connectivity index (χ0v) is 18.1. The Balaban J connectivity index is 1.48. The second-order valence-electron chi connectivity index (χ2n) is 7.49. The Morgan fingerprint density at radius 3 is 2.23 bits per heavy atom. The Hall–Kier alpha value is -3.16. The number of nitrogens with one attached hydrogen (secondary N) is 1. The van der Waals surface area contributed by atoms with Crippen LogP contribution in [0.25, 0.3) is 0 Å². The van der Waals surface area contributed by atoms with Gasteiger partial charge in [0, 0.05) is 24.3 Å². The lowest BCUT2D eigenvalue weighted by Crippen LogP contribution is -2.28. The van der Waals surface area contributed by atoms with Crippen molar-refractivity contribution in [2.45, 2.75) is 24.7 Å². The lowest BCUT2D eigenvalue weighted by molar-refractivity contribution is 0.102. The molecule has 4 rings (SSSR count). The molecule has 6 nitrogen and oxygen atoms in total. The van der Waals surface area contributed by atoms with Gasteiger partial charge in [-0.1, -0.05) is 24.3 Å². The van der Waals surface area contributed by atoms with Crippen molar-refractivity contribution >= 4 is 21.6 Å². The molecular weight excluding hydrogens is 412 g/mol. The van der Waals surface area contributed by atoms with Crippen LogP contribution in [0.4, 0.5) is 5.69 Å². The fraction of sp³-hybridized carbons (Fsp3) is 0.208. The minimum absolute atomic E-state index is 0.189. The summed E-state index contributed by atoms with van der Waals surface area (Å²) in [6, 6.07) is 21.2. The molecule has 3 aromatic carbocycles. The van der Waals surface area contributed by atoms with E-state index in [1.54, 1.807) is 43.3 Å². The molecule has 1 saturated heterocycles. The van der Waals surface area contributed by atoms with Gasteiger partial charge in [-0.05, 0) is 73.9 Å². The van der Waals surface area contributed by atoms with Crippen molar-refractivity contribution in [2.24, 2.45) is 0 Å². The number of para-hydroxylation sites is 1. The molecular formula is C24H24N2O4S. The third kappa shape index (κ3) is 4.78. The maximum absolute atomic E-state index is 13.0. The van der Waals surface area contributed by atoms with Gasteiger partial charge in [0.25, 0.3) is 5.91 Å². The SMILES string of the molecule is Cc1ccc(C(=O)Nc2ccc(Oc3ccccc3)cc2)cc1S(=O)(=O)N1CCCC1. The number of carbonyl (C=O) groups is 1. The Labute approximate surface area is 182 Å². The zero-order chi connectivity index (χ0) is 21.8. The van der Waals surface area contributed by atoms with Crippen molar-refractivity contribution < 1.29 is 17.9 Å². The number of nitrogens with zero attached hydrogens (tertiary/aromatic N) is 1. The first-order chi connectivity index (χ1) is 14.9. The van der Waals surface area contributed by atoms with E-state index in [9.17, 15) is 13.2 Å². The van der Waals surface area contributed by atoms with E-state index in [0.717, 1.165) is 18.6 Å². The predicted octanol–water partition coefficient (Wildman–Crippen LogP) is 4.82. The minimum atomic E-state index is -3.60. The summed E-state index contributed by atoms with van der Waals surface area (Å²) in [5.41, 5.74) is 1.52. The van der Waals surface area contributed by atoms with Gasteiger partial charge in [-0.15, -0.1) is 0 Å². The van der Waals surface area contributed by atoms with E-state index in [1.807, 2.05) is 30.3 Å². The molecule has 31 heavy (non-hydrogen) atoms. The quantitative estimate of drug-likeness (QED) is 0.601. The lowest BCUT2D eigenvalue weighted by atomic mass is 10.1. The molecule has 0 radical (unpaired) electrons. The molecule has 0 atom stereocenters. The summed E-state index contributed by atoms with van der Waals surface area (Å²) in [7, 11) is -3.60. The number of carbonyl (C=O) groups excluding carboxylic acids is 1. The molecule has 1 N–H and O–H groups in total. The predicted molar refractivity (Wildman–Crippen MR) is 120 cm³/mol. The van der Waals surface area contributed by atoms with Crippen LogP contribution in [0.5, 0.6) is 11.5 Å². The standard InChI is InChI=1S/C24H24N2O4S/c1-18-9-10-19(17-23(18)31(28,29)26-15-5-6-16-26)24(27)25-20-11-13-22(14-12-20)30-21-7-3-2-4-8-21/h2-4,7-14,17H,5-6,15-16H2,1H3,(H,25,27). The molecule has 1 fully saturated rings. The van der Waals surface area contributed by atoms with Gasteiger partial charge in [-0.3, -0.25) is 4.79 Å². The highest BCUT2D eigenvalue weighted by Crippen LogP contribution is 2.26. The van der Waals surface area contributed by atoms with Gasteiger partial charge in [0.05, 0.1) is 4.90 Å². The van der Waals surface area contributed by atoms with Crippen LogP contribution in [0.15, 0.2) is 77.7 Å². The van der Waals surface area contributed by atoms with Crippen LogP contribution in [0.1, 0.15) is 28.8 Å². The first-order valence-corrected chi connectivity index (χ1v) is 11.6. The summed E-state index contributed by atoms with van der Waals surface area (Å²) in [5, 5.41) is 2.81. The van der Waals surface area contributed by atoms with Gasteiger partial charge in [0.15, 0.2) is 0 Å². The fourth-order valence-electron chi connectivity index (χ4n) is 3.52. The maximum atomic E-state index is 13.0. The van der Waals surface area contributed by atoms with Crippen LogP contribution in [-0.4, -0.2) is 31.7 Å². The molecule has 7 heteroatoms. The van der Waals surface area contributed by atoms with Gasteiger partial charge in [-0.2, -0.15) is 4.31 Å². The van der Waals surface area contributed by atoms with E-state index in [4.69, 9.17) is 4.74 Å². The first kappa shape index (κ1) is 21.1. The summed E-state index contributed by atoms with van der Waals surface area (Å²) in [4.78, 5) is 12.9. The van der Waals surface area contributed by atoms with Gasteiger partial charge in [-0.25, -0.2) is 8.42 Å². The number of amides is 1. The van der Waals surface area contributed by atoms with Crippen LogP contribution in [0.3, 0.4) is 0 Å². The van der Waals surface area contributed by atoms with Crippen LogP contribution < -0.4 is 10.1 Å². The van der Waals surface area contributed by atoms with E-state index < -0.39 is 10.0 Å². The highest BCUT2D eigenvalue weighted by molar-refractivity contribution is 7.89. The Kier molecular flexibility index (Phi) is 6.06. The first-order valence-electron chi connectivity index (χ1n) is 10.2. The second kappa shape index (κ2) is 8.91. The maximum Gasteiger partial charge on any atom is 0.255 e. The fourth-order valence-corrected chi connectivity index (χ4v) is 5.29.